The molecule has 146 valence electrons. The third-order valence-corrected chi connectivity index (χ3v) is 4.45. The molecule has 3 rings (SSSR count). The molecule has 2 heterocycles. The van der Waals surface area contributed by atoms with Crippen LogP contribution >= 0.6 is 0 Å². The summed E-state index contributed by atoms with van der Waals surface area (Å²) in [5, 5.41) is 9.27. The molecular weight excluding hydrogens is 358 g/mol. The number of benzene rings is 1. The quantitative estimate of drug-likeness (QED) is 0.265. The second-order valence-electron chi connectivity index (χ2n) is 6.15. The second kappa shape index (κ2) is 8.78. The molecule has 0 unspecified atom stereocenters. The summed E-state index contributed by atoms with van der Waals surface area (Å²) in [5.74, 6) is -0.490. The summed E-state index contributed by atoms with van der Waals surface area (Å²) in [6, 6.07) is 4.92. The number of ether oxygens (including phenoxy) is 2. The van der Waals surface area contributed by atoms with Gasteiger partial charge in [-0.05, 0) is 18.6 Å². The number of carbonyl (C=O) groups excluding carboxylic acids is 2. The fourth-order valence-electron chi connectivity index (χ4n) is 3.10. The van der Waals surface area contributed by atoms with Crippen molar-refractivity contribution >= 4 is 11.8 Å². The van der Waals surface area contributed by atoms with E-state index in [1.54, 1.807) is 18.2 Å². The highest BCUT2D eigenvalue weighted by molar-refractivity contribution is 6.22. The molecule has 1 saturated heterocycles. The first-order chi connectivity index (χ1) is 13.1. The highest BCUT2D eigenvalue weighted by Crippen LogP contribution is 2.31. The number of carbonyl (C=O) groups is 2. The van der Waals surface area contributed by atoms with E-state index in [0.717, 1.165) is 18.0 Å². The van der Waals surface area contributed by atoms with Crippen LogP contribution in [0.1, 0.15) is 27.1 Å². The van der Waals surface area contributed by atoms with Crippen LogP contribution in [0.4, 0.5) is 0 Å². The second-order valence-corrected chi connectivity index (χ2v) is 6.15. The summed E-state index contributed by atoms with van der Waals surface area (Å²) >= 11 is 0. The van der Waals surface area contributed by atoms with Crippen LogP contribution in [0.2, 0.25) is 0 Å². The monoisotopic (exact) mass is 379 g/mol. The lowest BCUT2D eigenvalue weighted by Gasteiger charge is -2.26. The van der Waals surface area contributed by atoms with E-state index >= 15 is 0 Å². The first-order valence-corrected chi connectivity index (χ1v) is 8.77. The van der Waals surface area contributed by atoms with Gasteiger partial charge in [0.05, 0.1) is 30.9 Å². The number of hydrogen-bond acceptors (Lipinski definition) is 8. The Kier molecular flexibility index (Phi) is 6.20. The summed E-state index contributed by atoms with van der Waals surface area (Å²) in [7, 11) is 0. The van der Waals surface area contributed by atoms with Gasteiger partial charge in [0.15, 0.2) is 0 Å². The molecule has 0 spiro atoms. The lowest BCUT2D eigenvalue weighted by Crippen LogP contribution is -2.38. The van der Waals surface area contributed by atoms with E-state index < -0.39 is 16.9 Å². The van der Waals surface area contributed by atoms with Crippen molar-refractivity contribution < 1.29 is 29.0 Å². The van der Waals surface area contributed by atoms with Crippen LogP contribution in [-0.4, -0.2) is 79.3 Å². The average molecular weight is 379 g/mol. The molecule has 2 amide bonds. The molecule has 1 aromatic carbocycles. The van der Waals surface area contributed by atoms with Crippen molar-refractivity contribution in [3.05, 3.63) is 39.4 Å². The minimum absolute atomic E-state index is 0.0490. The maximum absolute atomic E-state index is 12.6. The minimum atomic E-state index is -0.900. The Balaban J connectivity index is 1.59. The van der Waals surface area contributed by atoms with Gasteiger partial charge in [-0.3, -0.25) is 19.4 Å². The van der Waals surface area contributed by atoms with Crippen molar-refractivity contribution in [2.24, 2.45) is 0 Å². The lowest BCUT2D eigenvalue weighted by molar-refractivity contribution is -0.757. The molecule has 10 heteroatoms. The van der Waals surface area contributed by atoms with Gasteiger partial charge in [0.1, 0.15) is 12.4 Å². The Morgan fingerprint density at radius 1 is 1.11 bits per heavy atom. The third kappa shape index (κ3) is 4.52. The Bertz CT molecular complexity index is 718. The summed E-state index contributed by atoms with van der Waals surface area (Å²) in [6.45, 7) is 4.05. The zero-order chi connectivity index (χ0) is 19.2. The SMILES string of the molecule is O=C1c2cccc(OCCN3CCOCC3)c2C(=O)N1CCCO[N+](=O)[O-]. The van der Waals surface area contributed by atoms with E-state index in [0.29, 0.717) is 37.7 Å². The largest absolute Gasteiger partial charge is 0.491 e. The molecule has 0 radical (unpaired) electrons. The third-order valence-electron chi connectivity index (χ3n) is 4.45. The predicted molar refractivity (Wildman–Crippen MR) is 92.1 cm³/mol. The van der Waals surface area contributed by atoms with Gasteiger partial charge in [0, 0.05) is 26.2 Å². The molecule has 0 N–H and O–H groups in total. The van der Waals surface area contributed by atoms with Crippen LogP contribution in [0.25, 0.3) is 0 Å². The van der Waals surface area contributed by atoms with E-state index in [2.05, 4.69) is 9.74 Å². The highest BCUT2D eigenvalue weighted by Gasteiger charge is 2.37. The fourth-order valence-corrected chi connectivity index (χ4v) is 3.10. The molecule has 0 saturated carbocycles. The van der Waals surface area contributed by atoms with Gasteiger partial charge in [0.2, 0.25) is 0 Å². The summed E-state index contributed by atoms with van der Waals surface area (Å²) in [6.07, 6.45) is 0.180. The van der Waals surface area contributed by atoms with E-state index in [1.807, 2.05) is 0 Å². The van der Waals surface area contributed by atoms with Gasteiger partial charge in [0.25, 0.3) is 16.9 Å². The first kappa shape index (κ1) is 19.1. The van der Waals surface area contributed by atoms with Crippen LogP contribution in [0.5, 0.6) is 5.75 Å². The number of amides is 2. The van der Waals surface area contributed by atoms with Gasteiger partial charge in [-0.2, -0.15) is 0 Å². The fraction of sp³-hybridized carbons (Fsp3) is 0.529. The number of nitrogens with zero attached hydrogens (tertiary/aromatic N) is 3. The normalized spacial score (nSPS) is 17.1. The maximum Gasteiger partial charge on any atom is 0.294 e. The summed E-state index contributed by atoms with van der Waals surface area (Å²) in [4.78, 5) is 42.8. The Hall–Kier alpha value is -2.72. The molecule has 1 fully saturated rings. The van der Waals surface area contributed by atoms with Crippen LogP contribution in [-0.2, 0) is 9.57 Å². The standard InChI is InChI=1S/C17H21N3O7/c21-16-13-3-1-4-14(26-12-8-18-6-10-25-11-7-18)15(13)17(22)19(16)5-2-9-27-20(23)24/h1,3-4H,2,5-12H2. The van der Waals surface area contributed by atoms with Crippen molar-refractivity contribution in [2.75, 3.05) is 52.6 Å². The maximum atomic E-state index is 12.6. The highest BCUT2D eigenvalue weighted by atomic mass is 16.9. The molecule has 2 aliphatic rings. The van der Waals surface area contributed by atoms with Crippen LogP contribution < -0.4 is 4.74 Å². The number of imide groups is 1. The van der Waals surface area contributed by atoms with Gasteiger partial charge in [-0.25, -0.2) is 0 Å². The van der Waals surface area contributed by atoms with Crippen LogP contribution in [0.15, 0.2) is 18.2 Å². The van der Waals surface area contributed by atoms with Gasteiger partial charge in [-0.1, -0.05) is 6.07 Å². The molecule has 0 aliphatic carbocycles. The molecule has 0 bridgehead atoms. The number of rotatable bonds is 9. The van der Waals surface area contributed by atoms with Gasteiger partial charge in [-0.15, -0.1) is 10.1 Å². The zero-order valence-corrected chi connectivity index (χ0v) is 14.8. The Labute approximate surface area is 155 Å². The molecule has 0 aromatic heterocycles. The summed E-state index contributed by atoms with van der Waals surface area (Å²) < 4.78 is 11.1. The van der Waals surface area contributed by atoms with Crippen molar-refractivity contribution in [1.29, 1.82) is 0 Å². The Morgan fingerprint density at radius 3 is 2.63 bits per heavy atom. The van der Waals surface area contributed by atoms with Crippen molar-refractivity contribution in [2.45, 2.75) is 6.42 Å². The number of morpholine rings is 1. The smallest absolute Gasteiger partial charge is 0.294 e. The molecule has 27 heavy (non-hydrogen) atoms. The van der Waals surface area contributed by atoms with E-state index in [9.17, 15) is 19.7 Å². The molecule has 10 nitrogen and oxygen atoms in total. The van der Waals surface area contributed by atoms with E-state index in [-0.39, 0.29) is 25.1 Å². The van der Waals surface area contributed by atoms with Crippen LogP contribution in [0, 0.1) is 10.1 Å². The van der Waals surface area contributed by atoms with Gasteiger partial charge < -0.3 is 14.3 Å². The summed E-state index contributed by atoms with van der Waals surface area (Å²) in [5.41, 5.74) is 0.540. The molecule has 0 atom stereocenters. The first-order valence-electron chi connectivity index (χ1n) is 8.77. The van der Waals surface area contributed by atoms with Gasteiger partial charge >= 0.3 is 0 Å². The lowest BCUT2D eigenvalue weighted by atomic mass is 10.1. The minimum Gasteiger partial charge on any atom is -0.491 e. The number of fused-ring (bicyclic) bond motifs is 1. The van der Waals surface area contributed by atoms with E-state index in [4.69, 9.17) is 9.47 Å². The van der Waals surface area contributed by atoms with Crippen molar-refractivity contribution in [1.82, 2.24) is 9.80 Å². The van der Waals surface area contributed by atoms with Crippen molar-refractivity contribution in [3.63, 3.8) is 0 Å². The van der Waals surface area contributed by atoms with Crippen LogP contribution in [0.3, 0.4) is 0 Å². The zero-order valence-electron chi connectivity index (χ0n) is 14.8. The Morgan fingerprint density at radius 2 is 1.89 bits per heavy atom. The molecule has 1 aromatic rings. The van der Waals surface area contributed by atoms with E-state index in [1.165, 1.54) is 0 Å². The molecular formula is C17H21N3O7. The average Bonchev–Trinajstić information content (AvgIpc) is 2.91. The van der Waals surface area contributed by atoms with Crippen molar-refractivity contribution in [3.8, 4) is 5.75 Å². The molecule has 2 aliphatic heterocycles. The number of hydrogen-bond donors (Lipinski definition) is 0. The predicted octanol–water partition coefficient (Wildman–Crippen LogP) is 0.592. The topological polar surface area (TPSA) is 111 Å².